The van der Waals surface area contributed by atoms with Gasteiger partial charge < -0.3 is 9.64 Å². The lowest BCUT2D eigenvalue weighted by Gasteiger charge is -2.38. The minimum Gasteiger partial charge on any atom is -0.462 e. The van der Waals surface area contributed by atoms with Gasteiger partial charge in [0.25, 0.3) is 10.1 Å². The van der Waals surface area contributed by atoms with Crippen molar-refractivity contribution in [2.75, 3.05) is 50.5 Å². The average molecular weight is 495 g/mol. The first-order chi connectivity index (χ1) is 15.7. The van der Waals surface area contributed by atoms with Crippen molar-refractivity contribution in [3.8, 4) is 0 Å². The summed E-state index contributed by atoms with van der Waals surface area (Å²) in [5.41, 5.74) is 1.27. The van der Waals surface area contributed by atoms with E-state index in [9.17, 15) is 13.2 Å². The molecule has 0 saturated carbocycles. The highest BCUT2D eigenvalue weighted by atomic mass is 35.5. The van der Waals surface area contributed by atoms with Crippen LogP contribution in [0.3, 0.4) is 0 Å². The van der Waals surface area contributed by atoms with Crippen molar-refractivity contribution in [2.45, 2.75) is 13.0 Å². The molecule has 178 valence electrons. The van der Waals surface area contributed by atoms with Gasteiger partial charge in [0, 0.05) is 43.6 Å². The van der Waals surface area contributed by atoms with E-state index in [-0.39, 0.29) is 12.6 Å². The first-order valence-corrected chi connectivity index (χ1v) is 12.7. The number of ether oxygens (including phenoxy) is 1. The molecule has 9 nitrogen and oxygen atoms in total. The van der Waals surface area contributed by atoms with Crippen LogP contribution < -0.4 is 4.90 Å². The lowest BCUT2D eigenvalue weighted by atomic mass is 10.1. The fraction of sp³-hybridized carbons (Fsp3) is 0.409. The van der Waals surface area contributed by atoms with Crippen LogP contribution in [0, 0.1) is 0 Å². The molecule has 0 radical (unpaired) electrons. The molecule has 2 aromatic rings. The molecule has 0 aliphatic carbocycles. The van der Waals surface area contributed by atoms with Gasteiger partial charge in [0.1, 0.15) is 0 Å². The SMILES string of the molecule is CCOC(=O)c1cnc(N2CCN(C(/C=C/c3ccc(Cl)cc3)COS(C)(=O)=O)CC2)nc1. The van der Waals surface area contributed by atoms with Crippen molar-refractivity contribution in [1.82, 2.24) is 14.9 Å². The molecule has 1 aromatic heterocycles. The number of carbonyl (C=O) groups excluding carboxylic acids is 1. The maximum absolute atomic E-state index is 11.8. The number of esters is 1. The topological polar surface area (TPSA) is 102 Å². The Balaban J connectivity index is 1.64. The number of hydrogen-bond acceptors (Lipinski definition) is 9. The molecule has 0 amide bonds. The molecular formula is C22H27ClN4O5S. The number of hydrogen-bond donors (Lipinski definition) is 0. The Morgan fingerprint density at radius 2 is 1.79 bits per heavy atom. The van der Waals surface area contributed by atoms with Crippen molar-refractivity contribution < 1.29 is 22.1 Å². The molecule has 1 aliphatic rings. The van der Waals surface area contributed by atoms with Crippen LogP contribution in [-0.2, 0) is 19.0 Å². The molecule has 33 heavy (non-hydrogen) atoms. The molecule has 1 saturated heterocycles. The second-order valence-electron chi connectivity index (χ2n) is 7.48. The van der Waals surface area contributed by atoms with Crippen molar-refractivity contribution >= 4 is 39.7 Å². The molecule has 1 aromatic carbocycles. The molecule has 0 bridgehead atoms. The first-order valence-electron chi connectivity index (χ1n) is 10.5. The second-order valence-corrected chi connectivity index (χ2v) is 9.56. The zero-order chi connectivity index (χ0) is 23.8. The number of carbonyl (C=O) groups is 1. The number of nitrogens with zero attached hydrogens (tertiary/aromatic N) is 4. The predicted molar refractivity (Wildman–Crippen MR) is 127 cm³/mol. The van der Waals surface area contributed by atoms with E-state index in [0.717, 1.165) is 11.8 Å². The molecule has 3 rings (SSSR count). The molecule has 1 fully saturated rings. The van der Waals surface area contributed by atoms with E-state index in [2.05, 4.69) is 14.9 Å². The number of piperazine rings is 1. The van der Waals surface area contributed by atoms with Gasteiger partial charge in [0.05, 0.1) is 31.1 Å². The van der Waals surface area contributed by atoms with Gasteiger partial charge in [0.2, 0.25) is 5.95 Å². The summed E-state index contributed by atoms with van der Waals surface area (Å²) in [5.74, 6) is 0.0819. The van der Waals surface area contributed by atoms with Gasteiger partial charge in [-0.15, -0.1) is 0 Å². The number of benzene rings is 1. The van der Waals surface area contributed by atoms with E-state index in [4.69, 9.17) is 20.5 Å². The van der Waals surface area contributed by atoms with Crippen molar-refractivity contribution in [3.05, 3.63) is 58.9 Å². The van der Waals surface area contributed by atoms with Gasteiger partial charge >= 0.3 is 5.97 Å². The maximum atomic E-state index is 11.8. The third-order valence-electron chi connectivity index (χ3n) is 5.05. The summed E-state index contributed by atoms with van der Waals surface area (Å²) in [4.78, 5) is 24.5. The van der Waals surface area contributed by atoms with E-state index in [1.165, 1.54) is 12.4 Å². The van der Waals surface area contributed by atoms with Crippen LogP contribution >= 0.6 is 11.6 Å². The number of halogens is 1. The minimum atomic E-state index is -3.56. The smallest absolute Gasteiger partial charge is 0.341 e. The summed E-state index contributed by atoms with van der Waals surface area (Å²) >= 11 is 5.94. The quantitative estimate of drug-likeness (QED) is 0.384. The summed E-state index contributed by atoms with van der Waals surface area (Å²) < 4.78 is 33.1. The van der Waals surface area contributed by atoms with E-state index >= 15 is 0 Å². The zero-order valence-corrected chi connectivity index (χ0v) is 20.1. The molecule has 1 atom stereocenters. The highest BCUT2D eigenvalue weighted by molar-refractivity contribution is 7.85. The van der Waals surface area contributed by atoms with Crippen molar-refractivity contribution in [3.63, 3.8) is 0 Å². The number of anilines is 1. The van der Waals surface area contributed by atoms with Crippen LogP contribution in [0.25, 0.3) is 6.08 Å². The Labute approximate surface area is 199 Å². The molecule has 1 aliphatic heterocycles. The Hall–Kier alpha value is -2.53. The van der Waals surface area contributed by atoms with Crippen LogP contribution in [0.2, 0.25) is 5.02 Å². The van der Waals surface area contributed by atoms with Gasteiger partial charge in [-0.05, 0) is 24.6 Å². The second kappa shape index (κ2) is 11.6. The van der Waals surface area contributed by atoms with E-state index < -0.39 is 16.1 Å². The standard InChI is InChI=1S/C22H27ClN4O5S/c1-3-31-21(28)18-14-24-22(25-15-18)27-12-10-26(11-13-27)20(16-32-33(2,29)30)9-6-17-4-7-19(23)8-5-17/h4-9,14-15,20H,3,10-13,16H2,1-2H3/b9-6+. The normalized spacial score (nSPS) is 16.2. The summed E-state index contributed by atoms with van der Waals surface area (Å²) in [6, 6.07) is 7.15. The van der Waals surface area contributed by atoms with Crippen LogP contribution in [0.15, 0.2) is 42.7 Å². The fourth-order valence-corrected chi connectivity index (χ4v) is 3.84. The van der Waals surface area contributed by atoms with Crippen molar-refractivity contribution in [2.24, 2.45) is 0 Å². The predicted octanol–water partition coefficient (Wildman–Crippen LogP) is 2.49. The monoisotopic (exact) mass is 494 g/mol. The highest BCUT2D eigenvalue weighted by Crippen LogP contribution is 2.16. The summed E-state index contributed by atoms with van der Waals surface area (Å²) in [7, 11) is -3.56. The minimum absolute atomic E-state index is 0.0215. The van der Waals surface area contributed by atoms with Crippen LogP contribution in [0.5, 0.6) is 0 Å². The first kappa shape index (κ1) is 25.1. The van der Waals surface area contributed by atoms with Crippen LogP contribution in [0.1, 0.15) is 22.8 Å². The van der Waals surface area contributed by atoms with Gasteiger partial charge in [-0.3, -0.25) is 9.08 Å². The molecule has 1 unspecified atom stereocenters. The Bertz CT molecular complexity index is 1050. The molecule has 0 N–H and O–H groups in total. The summed E-state index contributed by atoms with van der Waals surface area (Å²) in [6.07, 6.45) is 7.84. The molecule has 2 heterocycles. The lowest BCUT2D eigenvalue weighted by molar-refractivity contribution is 0.0525. The number of rotatable bonds is 9. The largest absolute Gasteiger partial charge is 0.462 e. The third kappa shape index (κ3) is 7.78. The summed E-state index contributed by atoms with van der Waals surface area (Å²) in [5, 5.41) is 0.651. The van der Waals surface area contributed by atoms with E-state index in [1.54, 1.807) is 19.1 Å². The third-order valence-corrected chi connectivity index (χ3v) is 5.87. The number of aromatic nitrogens is 2. The Kier molecular flexibility index (Phi) is 8.79. The molecule has 0 spiro atoms. The van der Waals surface area contributed by atoms with Gasteiger partial charge in [0.15, 0.2) is 0 Å². The van der Waals surface area contributed by atoms with Gasteiger partial charge in [-0.25, -0.2) is 14.8 Å². The molecular weight excluding hydrogens is 468 g/mol. The van der Waals surface area contributed by atoms with Crippen LogP contribution in [-0.4, -0.2) is 80.9 Å². The highest BCUT2D eigenvalue weighted by Gasteiger charge is 2.25. The average Bonchev–Trinajstić information content (AvgIpc) is 2.80. The molecule has 11 heteroatoms. The van der Waals surface area contributed by atoms with E-state index in [0.29, 0.717) is 49.3 Å². The Morgan fingerprint density at radius 3 is 2.36 bits per heavy atom. The zero-order valence-electron chi connectivity index (χ0n) is 18.6. The Morgan fingerprint density at radius 1 is 1.15 bits per heavy atom. The van der Waals surface area contributed by atoms with E-state index in [1.807, 2.05) is 29.2 Å². The lowest BCUT2D eigenvalue weighted by Crippen LogP contribution is -2.51. The summed E-state index contributed by atoms with van der Waals surface area (Å²) in [6.45, 7) is 4.65. The fourth-order valence-electron chi connectivity index (χ4n) is 3.33. The van der Waals surface area contributed by atoms with Gasteiger partial charge in [-0.2, -0.15) is 8.42 Å². The maximum Gasteiger partial charge on any atom is 0.341 e. The van der Waals surface area contributed by atoms with Gasteiger partial charge in [-0.1, -0.05) is 35.9 Å². The van der Waals surface area contributed by atoms with Crippen molar-refractivity contribution in [1.29, 1.82) is 0 Å². The van der Waals surface area contributed by atoms with Crippen LogP contribution in [0.4, 0.5) is 5.95 Å².